The van der Waals surface area contributed by atoms with Crippen LogP contribution in [0, 0.1) is 11.8 Å². The summed E-state index contributed by atoms with van der Waals surface area (Å²) in [4.78, 5) is 24.1. The van der Waals surface area contributed by atoms with Gasteiger partial charge in [-0.25, -0.2) is 0 Å². The fourth-order valence-electron chi connectivity index (χ4n) is 3.97. The van der Waals surface area contributed by atoms with E-state index < -0.39 is 17.8 Å². The van der Waals surface area contributed by atoms with Crippen LogP contribution in [0.25, 0.3) is 0 Å². The molecule has 0 aromatic heterocycles. The van der Waals surface area contributed by atoms with Gasteiger partial charge in [-0.1, -0.05) is 90.2 Å². The Morgan fingerprint density at radius 1 is 0.929 bits per heavy atom. The molecule has 4 nitrogen and oxygen atoms in total. The van der Waals surface area contributed by atoms with Crippen molar-refractivity contribution in [2.45, 2.75) is 116 Å². The maximum Gasteiger partial charge on any atom is 0.313 e. The molecule has 0 radical (unpaired) electrons. The normalized spacial score (nSPS) is 20.1. The molecule has 0 saturated heterocycles. The maximum absolute atomic E-state index is 12.6. The summed E-state index contributed by atoms with van der Waals surface area (Å²) in [6.07, 6.45) is 20.2. The Labute approximate surface area is 172 Å². The monoisotopic (exact) mass is 394 g/mol. The molecule has 0 saturated carbocycles. The number of carboxylic acid groups (broad SMARTS) is 1. The van der Waals surface area contributed by atoms with Gasteiger partial charge in [0.2, 0.25) is 0 Å². The molecule has 4 heteroatoms. The minimum atomic E-state index is -0.893. The largest absolute Gasteiger partial charge is 0.481 e. The number of allylic oxidation sites excluding steroid dienone is 1. The van der Waals surface area contributed by atoms with Crippen LogP contribution < -0.4 is 0 Å². The molecule has 1 rings (SSSR count). The van der Waals surface area contributed by atoms with Crippen LogP contribution in [-0.2, 0) is 14.3 Å². The number of ether oxygens (including phenoxy) is 1. The highest BCUT2D eigenvalue weighted by atomic mass is 16.5. The number of carbonyl (C=O) groups is 2. The lowest BCUT2D eigenvalue weighted by Crippen LogP contribution is -2.33. The Bertz CT molecular complexity index is 458. The van der Waals surface area contributed by atoms with Gasteiger partial charge in [-0.05, 0) is 32.1 Å². The molecule has 1 aliphatic rings. The first kappa shape index (κ1) is 24.7. The van der Waals surface area contributed by atoms with Crippen LogP contribution >= 0.6 is 0 Å². The summed E-state index contributed by atoms with van der Waals surface area (Å²) >= 11 is 0. The molecule has 3 unspecified atom stereocenters. The van der Waals surface area contributed by atoms with E-state index in [0.717, 1.165) is 38.5 Å². The summed E-state index contributed by atoms with van der Waals surface area (Å²) in [6, 6.07) is 0. The van der Waals surface area contributed by atoms with Gasteiger partial charge in [0.05, 0.1) is 11.8 Å². The van der Waals surface area contributed by atoms with Gasteiger partial charge in [-0.3, -0.25) is 9.59 Å². The van der Waals surface area contributed by atoms with Crippen LogP contribution in [0.1, 0.15) is 110 Å². The SMILES string of the molecule is CCCCCCCCCCCC(CCCC)OC(=O)C1C=CCCC1C(=O)O. The fourth-order valence-corrected chi connectivity index (χ4v) is 3.97. The molecule has 0 aromatic rings. The van der Waals surface area contributed by atoms with E-state index in [-0.39, 0.29) is 12.1 Å². The van der Waals surface area contributed by atoms with E-state index in [2.05, 4.69) is 13.8 Å². The third-order valence-electron chi connectivity index (χ3n) is 5.80. The summed E-state index contributed by atoms with van der Waals surface area (Å²) in [5.74, 6) is -2.51. The van der Waals surface area contributed by atoms with Crippen molar-refractivity contribution in [2.75, 3.05) is 0 Å². The highest BCUT2D eigenvalue weighted by Crippen LogP contribution is 2.27. The standard InChI is InChI=1S/C24H42O4/c1-3-5-7-8-9-10-11-12-13-17-20(16-6-4-2)28-24(27)22-19-15-14-18-21(22)23(25)26/h15,19-22H,3-14,16-18H2,1-2H3,(H,25,26). The summed E-state index contributed by atoms with van der Waals surface area (Å²) in [7, 11) is 0. The molecule has 1 aliphatic carbocycles. The van der Waals surface area contributed by atoms with Crippen LogP contribution in [0.5, 0.6) is 0 Å². The lowest BCUT2D eigenvalue weighted by Gasteiger charge is -2.25. The Hall–Kier alpha value is -1.32. The number of carbonyl (C=O) groups excluding carboxylic acids is 1. The lowest BCUT2D eigenvalue weighted by atomic mass is 9.84. The van der Waals surface area contributed by atoms with Gasteiger partial charge in [0.25, 0.3) is 0 Å². The average molecular weight is 395 g/mol. The molecule has 0 fully saturated rings. The van der Waals surface area contributed by atoms with E-state index in [1.807, 2.05) is 6.08 Å². The summed E-state index contributed by atoms with van der Waals surface area (Å²) < 4.78 is 5.79. The van der Waals surface area contributed by atoms with Crippen molar-refractivity contribution in [3.8, 4) is 0 Å². The van der Waals surface area contributed by atoms with Crippen LogP contribution in [0.15, 0.2) is 12.2 Å². The Kier molecular flexibility index (Phi) is 13.8. The highest BCUT2D eigenvalue weighted by molar-refractivity contribution is 5.83. The average Bonchev–Trinajstić information content (AvgIpc) is 2.70. The first-order valence-corrected chi connectivity index (χ1v) is 11.7. The molecule has 0 heterocycles. The third kappa shape index (κ3) is 10.3. The highest BCUT2D eigenvalue weighted by Gasteiger charge is 2.35. The van der Waals surface area contributed by atoms with E-state index in [4.69, 9.17) is 4.74 Å². The number of unbranched alkanes of at least 4 members (excludes halogenated alkanes) is 9. The third-order valence-corrected chi connectivity index (χ3v) is 5.80. The first-order valence-electron chi connectivity index (χ1n) is 11.7. The van der Waals surface area contributed by atoms with E-state index in [9.17, 15) is 14.7 Å². The number of hydrogen-bond donors (Lipinski definition) is 1. The van der Waals surface area contributed by atoms with Crippen LogP contribution in [0.2, 0.25) is 0 Å². The van der Waals surface area contributed by atoms with Crippen molar-refractivity contribution >= 4 is 11.9 Å². The summed E-state index contributed by atoms with van der Waals surface area (Å²) in [5.41, 5.74) is 0. The molecular formula is C24H42O4. The second-order valence-electron chi connectivity index (χ2n) is 8.29. The molecule has 28 heavy (non-hydrogen) atoms. The quantitative estimate of drug-likeness (QED) is 0.180. The number of rotatable bonds is 16. The van der Waals surface area contributed by atoms with Gasteiger partial charge >= 0.3 is 11.9 Å². The molecule has 3 atom stereocenters. The molecule has 0 amide bonds. The van der Waals surface area contributed by atoms with Gasteiger partial charge < -0.3 is 9.84 Å². The fraction of sp³-hybridized carbons (Fsp3) is 0.833. The first-order chi connectivity index (χ1) is 13.6. The lowest BCUT2D eigenvalue weighted by molar-refractivity contribution is -0.160. The van der Waals surface area contributed by atoms with Crippen molar-refractivity contribution in [3.05, 3.63) is 12.2 Å². The second kappa shape index (κ2) is 15.6. The number of hydrogen-bond acceptors (Lipinski definition) is 3. The molecule has 1 N–H and O–H groups in total. The van der Waals surface area contributed by atoms with E-state index in [1.54, 1.807) is 6.08 Å². The smallest absolute Gasteiger partial charge is 0.313 e. The Balaban J connectivity index is 2.35. The molecular weight excluding hydrogens is 352 g/mol. The zero-order valence-electron chi connectivity index (χ0n) is 18.2. The van der Waals surface area contributed by atoms with E-state index >= 15 is 0 Å². The predicted octanol–water partition coefficient (Wildman–Crippen LogP) is 6.68. The minimum absolute atomic E-state index is 0.0678. The molecule has 0 aliphatic heterocycles. The van der Waals surface area contributed by atoms with Crippen molar-refractivity contribution in [3.63, 3.8) is 0 Å². The topological polar surface area (TPSA) is 63.6 Å². The summed E-state index contributed by atoms with van der Waals surface area (Å²) in [5, 5.41) is 9.38. The second-order valence-corrected chi connectivity index (χ2v) is 8.29. The van der Waals surface area contributed by atoms with Gasteiger partial charge in [-0.15, -0.1) is 0 Å². The molecule has 0 aromatic carbocycles. The van der Waals surface area contributed by atoms with Crippen molar-refractivity contribution < 1.29 is 19.4 Å². The van der Waals surface area contributed by atoms with Gasteiger partial charge in [0.15, 0.2) is 0 Å². The Morgan fingerprint density at radius 3 is 2.11 bits per heavy atom. The predicted molar refractivity (Wildman–Crippen MR) is 114 cm³/mol. The van der Waals surface area contributed by atoms with Crippen molar-refractivity contribution in [1.82, 2.24) is 0 Å². The Morgan fingerprint density at radius 2 is 1.50 bits per heavy atom. The van der Waals surface area contributed by atoms with Gasteiger partial charge in [0, 0.05) is 0 Å². The zero-order valence-corrected chi connectivity index (χ0v) is 18.2. The van der Waals surface area contributed by atoms with Gasteiger partial charge in [-0.2, -0.15) is 0 Å². The van der Waals surface area contributed by atoms with Crippen LogP contribution in [0.4, 0.5) is 0 Å². The zero-order chi connectivity index (χ0) is 20.6. The molecule has 0 spiro atoms. The molecule has 162 valence electrons. The van der Waals surface area contributed by atoms with Crippen molar-refractivity contribution in [1.29, 1.82) is 0 Å². The van der Waals surface area contributed by atoms with Gasteiger partial charge in [0.1, 0.15) is 6.10 Å². The van der Waals surface area contributed by atoms with E-state index in [1.165, 1.54) is 51.4 Å². The number of esters is 1. The summed E-state index contributed by atoms with van der Waals surface area (Å²) in [6.45, 7) is 4.38. The van der Waals surface area contributed by atoms with Crippen molar-refractivity contribution in [2.24, 2.45) is 11.8 Å². The van der Waals surface area contributed by atoms with Crippen LogP contribution in [-0.4, -0.2) is 23.1 Å². The maximum atomic E-state index is 12.6. The van der Waals surface area contributed by atoms with Crippen LogP contribution in [0.3, 0.4) is 0 Å². The van der Waals surface area contributed by atoms with E-state index in [0.29, 0.717) is 6.42 Å². The number of aliphatic carboxylic acids is 1. The minimum Gasteiger partial charge on any atom is -0.481 e. The molecule has 0 bridgehead atoms. The number of carboxylic acids is 1.